The second-order valence-electron chi connectivity index (χ2n) is 5.69. The molecule has 0 aromatic heterocycles. The van der Waals surface area contributed by atoms with Gasteiger partial charge in [0, 0.05) is 6.08 Å². The Morgan fingerprint density at radius 2 is 1.56 bits per heavy atom. The first-order valence-corrected chi connectivity index (χ1v) is 9.02. The Morgan fingerprint density at radius 1 is 1.00 bits per heavy atom. The highest BCUT2D eigenvalue weighted by Crippen LogP contribution is 2.25. The lowest BCUT2D eigenvalue weighted by Gasteiger charge is -2.13. The number of benzene rings is 2. The number of ether oxygens (including phenoxy) is 1. The summed E-state index contributed by atoms with van der Waals surface area (Å²) in [6.07, 6.45) is 2.85. The van der Waals surface area contributed by atoms with Gasteiger partial charge in [0.25, 0.3) is 0 Å². The van der Waals surface area contributed by atoms with Crippen molar-refractivity contribution < 1.29 is 22.1 Å². The molecular weight excluding hydrogens is 340 g/mol. The zero-order valence-corrected chi connectivity index (χ0v) is 15.4. The monoisotopic (exact) mass is 360 g/mol. The summed E-state index contributed by atoms with van der Waals surface area (Å²) in [6.45, 7) is 5.41. The van der Waals surface area contributed by atoms with Gasteiger partial charge in [0.1, 0.15) is 10.6 Å². The van der Waals surface area contributed by atoms with Crippen LogP contribution in [0.2, 0.25) is 0 Å². The summed E-state index contributed by atoms with van der Waals surface area (Å²) in [5.41, 5.74) is 3.01. The van der Waals surface area contributed by atoms with Crippen LogP contribution >= 0.6 is 0 Å². The molecule has 0 unspecified atom stereocenters. The maximum atomic E-state index is 12.6. The van der Waals surface area contributed by atoms with Crippen molar-refractivity contribution in [3.63, 3.8) is 0 Å². The Bertz CT molecular complexity index is 886. The van der Waals surface area contributed by atoms with Gasteiger partial charge in [-0.25, -0.2) is 4.79 Å². The molecule has 0 radical (unpaired) electrons. The molecule has 2 aromatic rings. The Labute approximate surface area is 148 Å². The highest BCUT2D eigenvalue weighted by atomic mass is 32.2. The Morgan fingerprint density at radius 3 is 2.08 bits per heavy atom. The standard InChI is InChI=1S/C19H20O5S/c1-13-11-14(2)19(15(3)12-13)25(21,22)24-17-8-5-16(6-9-17)7-10-18(20)23-4/h5-12H,1-4H3. The van der Waals surface area contributed by atoms with E-state index in [9.17, 15) is 13.2 Å². The minimum absolute atomic E-state index is 0.188. The normalized spacial score (nSPS) is 11.5. The zero-order valence-electron chi connectivity index (χ0n) is 14.6. The lowest BCUT2D eigenvalue weighted by atomic mass is 10.1. The van der Waals surface area contributed by atoms with Crippen molar-refractivity contribution in [2.24, 2.45) is 0 Å². The van der Waals surface area contributed by atoms with E-state index < -0.39 is 16.1 Å². The number of rotatable bonds is 5. The number of hydrogen-bond acceptors (Lipinski definition) is 5. The van der Waals surface area contributed by atoms with E-state index in [1.54, 1.807) is 32.1 Å². The highest BCUT2D eigenvalue weighted by Gasteiger charge is 2.22. The fourth-order valence-corrected chi connectivity index (χ4v) is 3.95. The van der Waals surface area contributed by atoms with E-state index in [0.29, 0.717) is 11.1 Å². The van der Waals surface area contributed by atoms with Crippen LogP contribution in [0.25, 0.3) is 6.08 Å². The van der Waals surface area contributed by atoms with Crippen LogP contribution in [0.5, 0.6) is 5.75 Å². The van der Waals surface area contributed by atoms with E-state index in [1.807, 2.05) is 19.1 Å². The first-order chi connectivity index (χ1) is 11.7. The van der Waals surface area contributed by atoms with Crippen LogP contribution in [0.1, 0.15) is 22.3 Å². The Kier molecular flexibility index (Phi) is 5.64. The maximum Gasteiger partial charge on any atom is 0.339 e. The average molecular weight is 360 g/mol. The lowest BCUT2D eigenvalue weighted by Crippen LogP contribution is -2.13. The molecule has 0 saturated heterocycles. The van der Waals surface area contributed by atoms with Crippen molar-refractivity contribution in [1.29, 1.82) is 0 Å². The number of carbonyl (C=O) groups excluding carboxylic acids is 1. The van der Waals surface area contributed by atoms with Crippen molar-refractivity contribution >= 4 is 22.2 Å². The Hall–Kier alpha value is -2.60. The quantitative estimate of drug-likeness (QED) is 0.463. The summed E-state index contributed by atoms with van der Waals surface area (Å²) in [6, 6.07) is 9.99. The SMILES string of the molecule is COC(=O)C=Cc1ccc(OS(=O)(=O)c2c(C)cc(C)cc2C)cc1. The van der Waals surface area contributed by atoms with Crippen molar-refractivity contribution in [3.05, 3.63) is 64.7 Å². The number of esters is 1. The van der Waals surface area contributed by atoms with Gasteiger partial charge in [-0.3, -0.25) is 0 Å². The van der Waals surface area contributed by atoms with Crippen LogP contribution in [-0.4, -0.2) is 21.5 Å². The number of aryl methyl sites for hydroxylation is 3. The van der Waals surface area contributed by atoms with Gasteiger partial charge in [-0.2, -0.15) is 8.42 Å². The van der Waals surface area contributed by atoms with Gasteiger partial charge in [0.15, 0.2) is 0 Å². The topological polar surface area (TPSA) is 69.7 Å². The molecule has 0 N–H and O–H groups in total. The molecule has 6 heteroatoms. The van der Waals surface area contributed by atoms with Gasteiger partial charge >= 0.3 is 16.1 Å². The lowest BCUT2D eigenvalue weighted by molar-refractivity contribution is -0.134. The molecule has 0 bridgehead atoms. The Balaban J connectivity index is 2.24. The highest BCUT2D eigenvalue weighted by molar-refractivity contribution is 7.87. The molecule has 132 valence electrons. The molecule has 0 saturated carbocycles. The van der Waals surface area contributed by atoms with E-state index in [0.717, 1.165) is 11.1 Å². The summed E-state index contributed by atoms with van der Waals surface area (Å²) < 4.78 is 35.0. The van der Waals surface area contributed by atoms with Gasteiger partial charge < -0.3 is 8.92 Å². The molecule has 0 amide bonds. The minimum atomic E-state index is -3.93. The number of carbonyl (C=O) groups is 1. The molecule has 0 aliphatic rings. The molecule has 0 heterocycles. The molecule has 2 rings (SSSR count). The molecule has 0 atom stereocenters. The van der Waals surface area contributed by atoms with Crippen LogP contribution in [0.3, 0.4) is 0 Å². The van der Waals surface area contributed by atoms with Crippen LogP contribution in [0.15, 0.2) is 47.4 Å². The zero-order chi connectivity index (χ0) is 18.6. The average Bonchev–Trinajstić information content (AvgIpc) is 2.52. The summed E-state index contributed by atoms with van der Waals surface area (Å²) >= 11 is 0. The van der Waals surface area contributed by atoms with Crippen LogP contribution in [0.4, 0.5) is 0 Å². The number of methoxy groups -OCH3 is 1. The van der Waals surface area contributed by atoms with Crippen molar-refractivity contribution in [1.82, 2.24) is 0 Å². The van der Waals surface area contributed by atoms with E-state index in [2.05, 4.69) is 4.74 Å². The third kappa shape index (κ3) is 4.70. The minimum Gasteiger partial charge on any atom is -0.466 e. The van der Waals surface area contributed by atoms with Gasteiger partial charge in [-0.15, -0.1) is 0 Å². The molecule has 0 aliphatic heterocycles. The first kappa shape index (κ1) is 18.7. The third-order valence-corrected chi connectivity index (χ3v) is 5.11. The van der Waals surface area contributed by atoms with Crippen molar-refractivity contribution in [2.75, 3.05) is 7.11 Å². The van der Waals surface area contributed by atoms with Gasteiger partial charge in [-0.05, 0) is 55.7 Å². The van der Waals surface area contributed by atoms with Crippen LogP contribution in [-0.2, 0) is 19.6 Å². The van der Waals surface area contributed by atoms with Crippen LogP contribution in [0, 0.1) is 20.8 Å². The molecule has 0 aliphatic carbocycles. The van der Waals surface area contributed by atoms with Gasteiger partial charge in [0.2, 0.25) is 0 Å². The molecule has 0 fully saturated rings. The summed E-state index contributed by atoms with van der Waals surface area (Å²) in [5, 5.41) is 0. The largest absolute Gasteiger partial charge is 0.466 e. The van der Waals surface area contributed by atoms with E-state index >= 15 is 0 Å². The van der Waals surface area contributed by atoms with Gasteiger partial charge in [-0.1, -0.05) is 29.8 Å². The third-order valence-electron chi connectivity index (χ3n) is 3.55. The first-order valence-electron chi connectivity index (χ1n) is 7.61. The van der Waals surface area contributed by atoms with Crippen molar-refractivity contribution in [2.45, 2.75) is 25.7 Å². The smallest absolute Gasteiger partial charge is 0.339 e. The van der Waals surface area contributed by atoms with E-state index in [1.165, 1.54) is 25.3 Å². The summed E-state index contributed by atoms with van der Waals surface area (Å²) in [5.74, 6) is -0.261. The number of hydrogen-bond donors (Lipinski definition) is 0. The fraction of sp³-hybridized carbons (Fsp3) is 0.211. The van der Waals surface area contributed by atoms with Crippen molar-refractivity contribution in [3.8, 4) is 5.75 Å². The van der Waals surface area contributed by atoms with Gasteiger partial charge in [0.05, 0.1) is 7.11 Å². The summed E-state index contributed by atoms with van der Waals surface area (Å²) in [7, 11) is -2.63. The second kappa shape index (κ2) is 7.53. The fourth-order valence-electron chi connectivity index (χ4n) is 2.60. The van der Waals surface area contributed by atoms with E-state index in [4.69, 9.17) is 4.18 Å². The predicted octanol–water partition coefficient (Wildman–Crippen LogP) is 3.57. The maximum absolute atomic E-state index is 12.6. The second-order valence-corrected chi connectivity index (χ2v) is 7.17. The molecule has 5 nitrogen and oxygen atoms in total. The predicted molar refractivity (Wildman–Crippen MR) is 96.0 cm³/mol. The molecule has 2 aromatic carbocycles. The van der Waals surface area contributed by atoms with E-state index in [-0.39, 0.29) is 10.6 Å². The summed E-state index contributed by atoms with van der Waals surface area (Å²) in [4.78, 5) is 11.3. The molecule has 0 spiro atoms. The molecular formula is C19H20O5S. The molecule has 25 heavy (non-hydrogen) atoms. The van der Waals surface area contributed by atoms with Crippen LogP contribution < -0.4 is 4.18 Å².